The number of hydrogen-bond donors (Lipinski definition) is 1. The number of rotatable bonds is 1. The highest BCUT2D eigenvalue weighted by Gasteiger charge is 2.34. The Bertz CT molecular complexity index is 459. The minimum Gasteiger partial charge on any atom is -0.453 e. The lowest BCUT2D eigenvalue weighted by Crippen LogP contribution is -2.45. The molecule has 1 aromatic carbocycles. The van der Waals surface area contributed by atoms with Crippen LogP contribution in [0.4, 0.5) is 4.79 Å². The number of carbonyl (C=O) groups excluding carboxylic acids is 2. The fourth-order valence-electron chi connectivity index (χ4n) is 2.19. The molecule has 1 aliphatic rings. The largest absolute Gasteiger partial charge is 0.453 e. The summed E-state index contributed by atoms with van der Waals surface area (Å²) in [6, 6.07) is 6.77. The molecule has 5 nitrogen and oxygen atoms in total. The average Bonchev–Trinajstić information content (AvgIpc) is 2.36. The van der Waals surface area contributed by atoms with Gasteiger partial charge in [-0.15, -0.1) is 0 Å². The van der Waals surface area contributed by atoms with E-state index in [9.17, 15) is 9.59 Å². The normalized spacial score (nSPS) is 18.4. The number of primary amides is 1. The number of methoxy groups -OCH3 is 1. The second-order valence-corrected chi connectivity index (χ2v) is 3.92. The van der Waals surface area contributed by atoms with Crippen LogP contribution in [0.5, 0.6) is 0 Å². The maximum Gasteiger partial charge on any atom is 0.410 e. The molecule has 0 saturated carbocycles. The average molecular weight is 234 g/mol. The van der Waals surface area contributed by atoms with Crippen LogP contribution < -0.4 is 5.73 Å². The third-order valence-corrected chi connectivity index (χ3v) is 2.96. The molecule has 1 unspecified atom stereocenters. The van der Waals surface area contributed by atoms with E-state index in [4.69, 9.17) is 5.73 Å². The van der Waals surface area contributed by atoms with Gasteiger partial charge >= 0.3 is 6.09 Å². The first-order chi connectivity index (χ1) is 8.15. The van der Waals surface area contributed by atoms with E-state index in [0.717, 1.165) is 11.1 Å². The predicted molar refractivity (Wildman–Crippen MR) is 61.2 cm³/mol. The molecule has 0 spiro atoms. The van der Waals surface area contributed by atoms with Gasteiger partial charge in [-0.1, -0.05) is 24.3 Å². The van der Waals surface area contributed by atoms with Gasteiger partial charge in [0.05, 0.1) is 7.11 Å². The van der Waals surface area contributed by atoms with Gasteiger partial charge in [0, 0.05) is 6.54 Å². The van der Waals surface area contributed by atoms with Crippen LogP contribution >= 0.6 is 0 Å². The number of nitrogens with zero attached hydrogens (tertiary/aromatic N) is 1. The minimum absolute atomic E-state index is 0.442. The van der Waals surface area contributed by atoms with E-state index >= 15 is 0 Å². The van der Waals surface area contributed by atoms with Gasteiger partial charge in [0.1, 0.15) is 6.04 Å². The standard InChI is InChI=1S/C12H14N2O3/c1-17-12(16)14-7-6-8-4-2-3-5-9(8)10(14)11(13)15/h2-5,10H,6-7H2,1H3,(H2,13,15). The van der Waals surface area contributed by atoms with E-state index in [1.165, 1.54) is 12.0 Å². The monoisotopic (exact) mass is 234 g/mol. The third kappa shape index (κ3) is 1.95. The van der Waals surface area contributed by atoms with Crippen LogP contribution in [0, 0.1) is 0 Å². The van der Waals surface area contributed by atoms with Crippen molar-refractivity contribution in [2.24, 2.45) is 5.73 Å². The van der Waals surface area contributed by atoms with Gasteiger partial charge in [-0.05, 0) is 17.5 Å². The number of fused-ring (bicyclic) bond motifs is 1. The SMILES string of the molecule is COC(=O)N1CCc2ccccc2C1C(N)=O. The first-order valence-corrected chi connectivity index (χ1v) is 5.37. The summed E-state index contributed by atoms with van der Waals surface area (Å²) in [5.74, 6) is -0.539. The van der Waals surface area contributed by atoms with E-state index in [2.05, 4.69) is 4.74 Å². The van der Waals surface area contributed by atoms with E-state index in [0.29, 0.717) is 13.0 Å². The van der Waals surface area contributed by atoms with Crippen LogP contribution in [0.25, 0.3) is 0 Å². The number of ether oxygens (including phenoxy) is 1. The zero-order chi connectivity index (χ0) is 12.4. The van der Waals surface area contributed by atoms with Crippen LogP contribution in [0.2, 0.25) is 0 Å². The van der Waals surface area contributed by atoms with Gasteiger partial charge in [0.2, 0.25) is 5.91 Å². The van der Waals surface area contributed by atoms with E-state index in [1.54, 1.807) is 0 Å². The second kappa shape index (κ2) is 4.45. The number of carbonyl (C=O) groups is 2. The molecule has 17 heavy (non-hydrogen) atoms. The van der Waals surface area contributed by atoms with Gasteiger partial charge in [0.25, 0.3) is 0 Å². The third-order valence-electron chi connectivity index (χ3n) is 2.96. The lowest BCUT2D eigenvalue weighted by atomic mass is 9.92. The molecular formula is C12H14N2O3. The molecule has 1 aliphatic heterocycles. The lowest BCUT2D eigenvalue weighted by Gasteiger charge is -2.34. The molecule has 2 rings (SSSR count). The fourth-order valence-corrected chi connectivity index (χ4v) is 2.19. The Balaban J connectivity index is 2.43. The first kappa shape index (κ1) is 11.4. The molecule has 1 heterocycles. The summed E-state index contributed by atoms with van der Waals surface area (Å²) in [6.07, 6.45) is 0.179. The van der Waals surface area contributed by atoms with Crippen molar-refractivity contribution in [3.05, 3.63) is 35.4 Å². The molecule has 0 aromatic heterocycles. The summed E-state index contributed by atoms with van der Waals surface area (Å²) in [7, 11) is 1.29. The molecule has 90 valence electrons. The molecule has 2 N–H and O–H groups in total. The quantitative estimate of drug-likeness (QED) is 0.782. The van der Waals surface area contributed by atoms with Gasteiger partial charge < -0.3 is 10.5 Å². The van der Waals surface area contributed by atoms with Crippen molar-refractivity contribution >= 4 is 12.0 Å². The molecule has 5 heteroatoms. The van der Waals surface area contributed by atoms with Crippen LogP contribution in [0.15, 0.2) is 24.3 Å². The zero-order valence-corrected chi connectivity index (χ0v) is 9.55. The first-order valence-electron chi connectivity index (χ1n) is 5.37. The lowest BCUT2D eigenvalue weighted by molar-refractivity contribution is -0.123. The van der Waals surface area contributed by atoms with Crippen LogP contribution in [0.1, 0.15) is 17.2 Å². The van der Waals surface area contributed by atoms with Crippen molar-refractivity contribution in [1.29, 1.82) is 0 Å². The van der Waals surface area contributed by atoms with Crippen LogP contribution in [-0.2, 0) is 16.0 Å². The van der Waals surface area contributed by atoms with Crippen LogP contribution in [0.3, 0.4) is 0 Å². The van der Waals surface area contributed by atoms with E-state index in [1.807, 2.05) is 24.3 Å². The Morgan fingerprint density at radius 1 is 1.41 bits per heavy atom. The smallest absolute Gasteiger partial charge is 0.410 e. The number of nitrogens with two attached hydrogens (primary N) is 1. The summed E-state index contributed by atoms with van der Waals surface area (Å²) in [5, 5.41) is 0. The maximum atomic E-state index is 11.6. The number of benzene rings is 1. The summed E-state index contributed by atoms with van der Waals surface area (Å²) < 4.78 is 4.66. The van der Waals surface area contributed by atoms with Crippen molar-refractivity contribution in [1.82, 2.24) is 4.90 Å². The molecule has 0 saturated heterocycles. The summed E-state index contributed by atoms with van der Waals surface area (Å²) in [6.45, 7) is 0.442. The summed E-state index contributed by atoms with van der Waals surface area (Å²) in [5.41, 5.74) is 7.22. The highest BCUT2D eigenvalue weighted by molar-refractivity contribution is 5.86. The number of hydrogen-bond acceptors (Lipinski definition) is 3. The topological polar surface area (TPSA) is 72.6 Å². The molecule has 0 bridgehead atoms. The van der Waals surface area contributed by atoms with Gasteiger partial charge in [-0.25, -0.2) is 4.79 Å². The molecule has 1 aromatic rings. The molecule has 1 atom stereocenters. The van der Waals surface area contributed by atoms with Gasteiger partial charge in [-0.2, -0.15) is 0 Å². The molecule has 2 amide bonds. The fraction of sp³-hybridized carbons (Fsp3) is 0.333. The molecule has 0 radical (unpaired) electrons. The summed E-state index contributed by atoms with van der Waals surface area (Å²) >= 11 is 0. The van der Waals surface area contributed by atoms with Crippen molar-refractivity contribution in [3.63, 3.8) is 0 Å². The van der Waals surface area contributed by atoms with Crippen molar-refractivity contribution < 1.29 is 14.3 Å². The van der Waals surface area contributed by atoms with Crippen molar-refractivity contribution in [2.75, 3.05) is 13.7 Å². The number of amides is 2. The molecular weight excluding hydrogens is 220 g/mol. The highest BCUT2D eigenvalue weighted by Crippen LogP contribution is 2.29. The van der Waals surface area contributed by atoms with Gasteiger partial charge in [-0.3, -0.25) is 9.69 Å². The maximum absolute atomic E-state index is 11.6. The highest BCUT2D eigenvalue weighted by atomic mass is 16.5. The van der Waals surface area contributed by atoms with Crippen molar-refractivity contribution in [2.45, 2.75) is 12.5 Å². The Morgan fingerprint density at radius 2 is 2.12 bits per heavy atom. The van der Waals surface area contributed by atoms with Crippen molar-refractivity contribution in [3.8, 4) is 0 Å². The molecule has 0 fully saturated rings. The van der Waals surface area contributed by atoms with E-state index < -0.39 is 18.0 Å². The zero-order valence-electron chi connectivity index (χ0n) is 9.55. The second-order valence-electron chi connectivity index (χ2n) is 3.92. The van der Waals surface area contributed by atoms with E-state index in [-0.39, 0.29) is 0 Å². The molecule has 0 aliphatic carbocycles. The minimum atomic E-state index is -0.729. The predicted octanol–water partition coefficient (Wildman–Crippen LogP) is 0.837. The van der Waals surface area contributed by atoms with Crippen LogP contribution in [-0.4, -0.2) is 30.6 Å². The Kier molecular flexibility index (Phi) is 2.99. The Hall–Kier alpha value is -2.04. The Labute approximate surface area is 99.2 Å². The summed E-state index contributed by atoms with van der Waals surface area (Å²) in [4.78, 5) is 24.5. The Morgan fingerprint density at radius 3 is 2.76 bits per heavy atom. The van der Waals surface area contributed by atoms with Gasteiger partial charge in [0.15, 0.2) is 0 Å².